The van der Waals surface area contributed by atoms with E-state index >= 15 is 0 Å². The molecule has 0 bridgehead atoms. The number of hydrogen-bond acceptors (Lipinski definition) is 6. The Morgan fingerprint density at radius 1 is 1.54 bits per heavy atom. The molecule has 2 heterocycles. The first-order chi connectivity index (χ1) is 6.29. The highest BCUT2D eigenvalue weighted by molar-refractivity contribution is 7.05. The highest BCUT2D eigenvalue weighted by Gasteiger charge is 2.16. The molecule has 0 amide bonds. The Morgan fingerprint density at radius 2 is 2.38 bits per heavy atom. The lowest BCUT2D eigenvalue weighted by molar-refractivity contribution is 0.850. The molecule has 0 aliphatic rings. The van der Waals surface area contributed by atoms with Crippen LogP contribution in [-0.2, 0) is 0 Å². The summed E-state index contributed by atoms with van der Waals surface area (Å²) in [5, 5.41) is 5.83. The van der Waals surface area contributed by atoms with Crippen molar-refractivity contribution in [1.29, 1.82) is 0 Å². The molecule has 0 radical (unpaired) electrons. The van der Waals surface area contributed by atoms with Gasteiger partial charge in [-0.25, -0.2) is 0 Å². The van der Waals surface area contributed by atoms with Gasteiger partial charge in [0.2, 0.25) is 0 Å². The van der Waals surface area contributed by atoms with Crippen molar-refractivity contribution in [3.63, 3.8) is 0 Å². The minimum absolute atomic E-state index is 0.175. The van der Waals surface area contributed by atoms with Crippen LogP contribution in [0.5, 0.6) is 0 Å². The number of nitrogens with zero attached hydrogens (tertiary/aromatic N) is 3. The van der Waals surface area contributed by atoms with Gasteiger partial charge in [-0.2, -0.15) is 4.37 Å². The molecule has 2 N–H and O–H groups in total. The molecular weight excluding hydrogens is 204 g/mol. The Balaban J connectivity index is 2.33. The summed E-state index contributed by atoms with van der Waals surface area (Å²) in [7, 11) is 0. The molecule has 2 aromatic heterocycles. The molecule has 13 heavy (non-hydrogen) atoms. The Hall–Kier alpha value is -0.850. The third-order valence-corrected chi connectivity index (χ3v) is 3.23. The van der Waals surface area contributed by atoms with Crippen molar-refractivity contribution in [1.82, 2.24) is 14.0 Å². The first kappa shape index (κ1) is 8.74. The normalized spacial score (nSPS) is 13.1. The minimum Gasteiger partial charge on any atom is -0.318 e. The number of aryl methyl sites for hydroxylation is 1. The maximum absolute atomic E-state index is 5.98. The topological polar surface area (TPSA) is 64.7 Å². The van der Waals surface area contributed by atoms with E-state index in [1.807, 2.05) is 18.4 Å². The monoisotopic (exact) mass is 212 g/mol. The fraction of sp³-hybridized carbons (Fsp3) is 0.286. The van der Waals surface area contributed by atoms with Gasteiger partial charge in [0.1, 0.15) is 0 Å². The molecular formula is C7H8N4S2. The molecule has 0 spiro atoms. The highest BCUT2D eigenvalue weighted by Crippen LogP contribution is 2.23. The second-order valence-electron chi connectivity index (χ2n) is 2.62. The van der Waals surface area contributed by atoms with Crippen LogP contribution in [0.1, 0.15) is 22.3 Å². The van der Waals surface area contributed by atoms with Crippen molar-refractivity contribution in [3.8, 4) is 0 Å². The summed E-state index contributed by atoms with van der Waals surface area (Å²) < 4.78 is 8.02. The second kappa shape index (κ2) is 3.49. The lowest BCUT2D eigenvalue weighted by Crippen LogP contribution is -2.11. The Kier molecular flexibility index (Phi) is 2.34. The second-order valence-corrected chi connectivity index (χ2v) is 4.08. The molecule has 0 saturated heterocycles. The Bertz CT molecular complexity index is 381. The first-order valence-electron chi connectivity index (χ1n) is 3.73. The summed E-state index contributed by atoms with van der Waals surface area (Å²) in [5.74, 6) is 0. The van der Waals surface area contributed by atoms with Gasteiger partial charge in [0, 0.05) is 5.38 Å². The van der Waals surface area contributed by atoms with Crippen LogP contribution < -0.4 is 5.73 Å². The van der Waals surface area contributed by atoms with Gasteiger partial charge in [-0.1, -0.05) is 4.49 Å². The Labute approximate surface area is 83.7 Å². The van der Waals surface area contributed by atoms with E-state index in [9.17, 15) is 0 Å². The van der Waals surface area contributed by atoms with Crippen molar-refractivity contribution in [2.75, 3.05) is 0 Å². The van der Waals surface area contributed by atoms with Crippen molar-refractivity contribution in [2.24, 2.45) is 5.73 Å². The maximum Gasteiger partial charge on any atom is 0.0866 e. The lowest BCUT2D eigenvalue weighted by atomic mass is 10.2. The molecule has 0 fully saturated rings. The van der Waals surface area contributed by atoms with Crippen molar-refractivity contribution >= 4 is 23.1 Å². The van der Waals surface area contributed by atoms with Gasteiger partial charge in [-0.05, 0) is 36.1 Å². The van der Waals surface area contributed by atoms with Crippen LogP contribution in [0.3, 0.4) is 0 Å². The summed E-state index contributed by atoms with van der Waals surface area (Å²) >= 11 is 2.74. The van der Waals surface area contributed by atoms with Gasteiger partial charge in [0.15, 0.2) is 0 Å². The summed E-state index contributed by atoms with van der Waals surface area (Å²) in [6, 6.07) is 1.75. The number of rotatable bonds is 2. The van der Waals surface area contributed by atoms with Gasteiger partial charge in [0.25, 0.3) is 0 Å². The maximum atomic E-state index is 5.98. The Morgan fingerprint density at radius 3 is 2.92 bits per heavy atom. The zero-order valence-corrected chi connectivity index (χ0v) is 8.60. The smallest absolute Gasteiger partial charge is 0.0866 e. The van der Waals surface area contributed by atoms with Crippen molar-refractivity contribution in [2.45, 2.75) is 13.0 Å². The zero-order valence-electron chi connectivity index (χ0n) is 6.97. The number of aromatic nitrogens is 3. The van der Waals surface area contributed by atoms with Crippen LogP contribution >= 0.6 is 23.1 Å². The quantitative estimate of drug-likeness (QED) is 0.816. The largest absolute Gasteiger partial charge is 0.318 e. The SMILES string of the molecule is Cc1nnsc1C(N)c1ccsn1. The predicted octanol–water partition coefficient (Wildman–Crippen LogP) is 1.35. The molecule has 0 saturated carbocycles. The molecule has 0 aromatic carbocycles. The van der Waals surface area contributed by atoms with Crippen molar-refractivity contribution < 1.29 is 0 Å². The third kappa shape index (κ3) is 1.60. The zero-order chi connectivity index (χ0) is 9.26. The van der Waals surface area contributed by atoms with E-state index in [0.717, 1.165) is 16.3 Å². The van der Waals surface area contributed by atoms with Crippen LogP contribution in [0.4, 0.5) is 0 Å². The molecule has 0 aliphatic carbocycles. The number of nitrogens with two attached hydrogens (primary N) is 1. The predicted molar refractivity (Wildman–Crippen MR) is 52.8 cm³/mol. The highest BCUT2D eigenvalue weighted by atomic mass is 32.1. The van der Waals surface area contributed by atoms with Crippen LogP contribution in [0, 0.1) is 6.92 Å². The summed E-state index contributed by atoms with van der Waals surface area (Å²) in [6.45, 7) is 1.91. The van der Waals surface area contributed by atoms with Gasteiger partial charge in [-0.3, -0.25) is 0 Å². The summed E-state index contributed by atoms with van der Waals surface area (Å²) in [6.07, 6.45) is 0. The lowest BCUT2D eigenvalue weighted by Gasteiger charge is -2.04. The molecule has 4 nitrogen and oxygen atoms in total. The third-order valence-electron chi connectivity index (χ3n) is 1.75. The van der Waals surface area contributed by atoms with Gasteiger partial charge < -0.3 is 5.73 Å². The first-order valence-corrected chi connectivity index (χ1v) is 5.34. The molecule has 1 unspecified atom stereocenters. The fourth-order valence-electron chi connectivity index (χ4n) is 1.04. The van der Waals surface area contributed by atoms with E-state index in [-0.39, 0.29) is 6.04 Å². The van der Waals surface area contributed by atoms with Crippen molar-refractivity contribution in [3.05, 3.63) is 27.7 Å². The standard InChI is InChI=1S/C7H8N4S2/c1-4-7(13-11-9-4)6(8)5-2-3-12-10-5/h2-3,6H,8H2,1H3. The van der Waals surface area contributed by atoms with E-state index in [0.29, 0.717) is 0 Å². The van der Waals surface area contributed by atoms with E-state index < -0.39 is 0 Å². The van der Waals surface area contributed by atoms with E-state index in [4.69, 9.17) is 5.73 Å². The summed E-state index contributed by atoms with van der Waals surface area (Å²) in [4.78, 5) is 0.992. The minimum atomic E-state index is -0.175. The van der Waals surface area contributed by atoms with E-state index in [1.165, 1.54) is 23.1 Å². The van der Waals surface area contributed by atoms with Gasteiger partial charge in [-0.15, -0.1) is 5.10 Å². The summed E-state index contributed by atoms with van der Waals surface area (Å²) in [5.41, 5.74) is 7.76. The van der Waals surface area contributed by atoms with E-state index in [2.05, 4.69) is 14.0 Å². The number of hydrogen-bond donors (Lipinski definition) is 1. The molecule has 68 valence electrons. The molecule has 0 aliphatic heterocycles. The van der Waals surface area contributed by atoms with Crippen LogP contribution in [0.2, 0.25) is 0 Å². The van der Waals surface area contributed by atoms with Crippen LogP contribution in [0.25, 0.3) is 0 Å². The fourth-order valence-corrected chi connectivity index (χ4v) is 2.26. The van der Waals surface area contributed by atoms with Crippen LogP contribution in [-0.4, -0.2) is 14.0 Å². The van der Waals surface area contributed by atoms with Crippen LogP contribution in [0.15, 0.2) is 11.4 Å². The van der Waals surface area contributed by atoms with Gasteiger partial charge >= 0.3 is 0 Å². The average Bonchev–Trinajstić information content (AvgIpc) is 2.72. The van der Waals surface area contributed by atoms with Gasteiger partial charge in [0.05, 0.1) is 22.3 Å². The molecule has 2 rings (SSSR count). The average molecular weight is 212 g/mol. The molecule has 2 aromatic rings. The molecule has 6 heteroatoms. The van der Waals surface area contributed by atoms with E-state index in [1.54, 1.807) is 0 Å². The molecule has 1 atom stereocenters.